The number of methoxy groups -OCH3 is 1. The Labute approximate surface area is 109 Å². The van der Waals surface area contributed by atoms with Gasteiger partial charge in [-0.2, -0.15) is 0 Å². The normalized spacial score (nSPS) is 10.1. The molecule has 1 aromatic rings. The van der Waals surface area contributed by atoms with Crippen LogP contribution in [0.15, 0.2) is 22.7 Å². The number of ketones is 2. The van der Waals surface area contributed by atoms with E-state index in [1.807, 2.05) is 0 Å². The van der Waals surface area contributed by atoms with Gasteiger partial charge in [-0.05, 0) is 47.5 Å². The Morgan fingerprint density at radius 3 is 2.53 bits per heavy atom. The molecule has 0 unspecified atom stereocenters. The summed E-state index contributed by atoms with van der Waals surface area (Å²) in [4.78, 5) is 22.6. The van der Waals surface area contributed by atoms with Crippen molar-refractivity contribution >= 4 is 27.5 Å². The van der Waals surface area contributed by atoms with Crippen molar-refractivity contribution in [2.75, 3.05) is 7.11 Å². The Kier molecular flexibility index (Phi) is 5.35. The second-order valence-corrected chi connectivity index (χ2v) is 4.68. The van der Waals surface area contributed by atoms with Crippen molar-refractivity contribution in [3.05, 3.63) is 28.2 Å². The molecule has 0 N–H and O–H groups in total. The van der Waals surface area contributed by atoms with Gasteiger partial charge in [0.2, 0.25) is 0 Å². The first-order chi connectivity index (χ1) is 8.04. The summed E-state index contributed by atoms with van der Waals surface area (Å²) < 4.78 is 5.85. The van der Waals surface area contributed by atoms with E-state index in [1.165, 1.54) is 6.92 Å². The van der Waals surface area contributed by atoms with Crippen molar-refractivity contribution < 1.29 is 14.3 Å². The van der Waals surface area contributed by atoms with Crippen LogP contribution in [0.2, 0.25) is 0 Å². The first-order valence-corrected chi connectivity index (χ1v) is 6.20. The Morgan fingerprint density at radius 2 is 2.00 bits per heavy atom. The maximum atomic E-state index is 11.8. The topological polar surface area (TPSA) is 43.4 Å². The van der Waals surface area contributed by atoms with Crippen molar-refractivity contribution in [3.8, 4) is 5.75 Å². The van der Waals surface area contributed by atoms with Crippen LogP contribution in [0.5, 0.6) is 5.75 Å². The van der Waals surface area contributed by atoms with Crippen molar-refractivity contribution in [2.45, 2.75) is 26.2 Å². The number of carbonyl (C=O) groups excluding carboxylic acids is 2. The lowest BCUT2D eigenvalue weighted by atomic mass is 10.0. The standard InChI is InChI=1S/C13H15BrO3/c1-9(15)4-3-5-12(16)10-6-7-13(17-2)11(14)8-10/h6-8H,3-5H2,1-2H3. The number of ether oxygens (including phenoxy) is 1. The first kappa shape index (κ1) is 13.9. The summed E-state index contributed by atoms with van der Waals surface area (Å²) in [5.41, 5.74) is 0.640. The molecule has 0 fully saturated rings. The number of rotatable bonds is 6. The number of benzene rings is 1. The lowest BCUT2D eigenvalue weighted by Gasteiger charge is -2.05. The molecule has 0 bridgehead atoms. The van der Waals surface area contributed by atoms with E-state index in [-0.39, 0.29) is 11.6 Å². The second kappa shape index (κ2) is 6.55. The van der Waals surface area contributed by atoms with Gasteiger partial charge < -0.3 is 9.53 Å². The zero-order chi connectivity index (χ0) is 12.8. The quantitative estimate of drug-likeness (QED) is 0.756. The molecule has 0 amide bonds. The Balaban J connectivity index is 2.63. The molecule has 17 heavy (non-hydrogen) atoms. The molecule has 0 aliphatic rings. The number of Topliss-reactive ketones (excluding diaryl/α,β-unsaturated/α-hetero) is 2. The molecule has 0 aliphatic heterocycles. The van der Waals surface area contributed by atoms with Crippen LogP contribution in [0, 0.1) is 0 Å². The molecular formula is C13H15BrO3. The Bertz CT molecular complexity index is 427. The Hall–Kier alpha value is -1.16. The highest BCUT2D eigenvalue weighted by atomic mass is 79.9. The molecule has 4 heteroatoms. The predicted molar refractivity (Wildman–Crippen MR) is 69.6 cm³/mol. The summed E-state index contributed by atoms with van der Waals surface area (Å²) in [6.45, 7) is 1.54. The second-order valence-electron chi connectivity index (χ2n) is 3.83. The van der Waals surface area contributed by atoms with Crippen molar-refractivity contribution in [1.29, 1.82) is 0 Å². The van der Waals surface area contributed by atoms with E-state index < -0.39 is 0 Å². The summed E-state index contributed by atoms with van der Waals surface area (Å²) in [6.07, 6.45) is 1.47. The van der Waals surface area contributed by atoms with Gasteiger partial charge in [0.25, 0.3) is 0 Å². The molecule has 0 spiro atoms. The Morgan fingerprint density at radius 1 is 1.29 bits per heavy atom. The molecule has 0 saturated heterocycles. The van der Waals surface area contributed by atoms with Crippen LogP contribution in [0.25, 0.3) is 0 Å². The van der Waals surface area contributed by atoms with Crippen molar-refractivity contribution in [1.82, 2.24) is 0 Å². The third-order valence-corrected chi connectivity index (χ3v) is 3.03. The number of carbonyl (C=O) groups is 2. The minimum Gasteiger partial charge on any atom is -0.496 e. The summed E-state index contributed by atoms with van der Waals surface area (Å²) in [6, 6.07) is 5.23. The van der Waals surface area contributed by atoms with Crippen molar-refractivity contribution in [3.63, 3.8) is 0 Å². The molecule has 1 aromatic carbocycles. The summed E-state index contributed by atoms with van der Waals surface area (Å²) in [5, 5.41) is 0. The maximum absolute atomic E-state index is 11.8. The highest BCUT2D eigenvalue weighted by Crippen LogP contribution is 2.26. The van der Waals surface area contributed by atoms with Crippen LogP contribution >= 0.6 is 15.9 Å². The van der Waals surface area contributed by atoms with Crippen LogP contribution in [0.3, 0.4) is 0 Å². The van der Waals surface area contributed by atoms with Gasteiger partial charge in [0.05, 0.1) is 11.6 Å². The van der Waals surface area contributed by atoms with E-state index in [1.54, 1.807) is 25.3 Å². The fraction of sp³-hybridized carbons (Fsp3) is 0.385. The van der Waals surface area contributed by atoms with Crippen LogP contribution < -0.4 is 4.74 Å². The van der Waals surface area contributed by atoms with Gasteiger partial charge in [-0.15, -0.1) is 0 Å². The van der Waals surface area contributed by atoms with Crippen LogP contribution in [0.1, 0.15) is 36.5 Å². The molecule has 0 atom stereocenters. The fourth-order valence-electron chi connectivity index (χ4n) is 1.48. The number of halogens is 1. The van der Waals surface area contributed by atoms with E-state index in [0.717, 1.165) is 4.47 Å². The molecule has 0 saturated carbocycles. The van der Waals surface area contributed by atoms with E-state index in [2.05, 4.69) is 15.9 Å². The molecule has 3 nitrogen and oxygen atoms in total. The van der Waals surface area contributed by atoms with Gasteiger partial charge in [-0.3, -0.25) is 4.79 Å². The SMILES string of the molecule is COc1ccc(C(=O)CCCC(C)=O)cc1Br. The third-order valence-electron chi connectivity index (χ3n) is 2.41. The summed E-state index contributed by atoms with van der Waals surface area (Å²) in [5.74, 6) is 0.869. The fourth-order valence-corrected chi connectivity index (χ4v) is 2.02. The summed E-state index contributed by atoms with van der Waals surface area (Å²) in [7, 11) is 1.58. The van der Waals surface area contributed by atoms with Crippen LogP contribution in [-0.2, 0) is 4.79 Å². The zero-order valence-corrected chi connectivity index (χ0v) is 11.5. The van der Waals surface area contributed by atoms with Gasteiger partial charge in [0, 0.05) is 18.4 Å². The highest BCUT2D eigenvalue weighted by molar-refractivity contribution is 9.10. The predicted octanol–water partition coefficient (Wildman–Crippen LogP) is 3.40. The van der Waals surface area contributed by atoms with Crippen LogP contribution in [-0.4, -0.2) is 18.7 Å². The smallest absolute Gasteiger partial charge is 0.162 e. The number of hydrogen-bond donors (Lipinski definition) is 0. The first-order valence-electron chi connectivity index (χ1n) is 5.40. The minimum atomic E-state index is 0.0506. The van der Waals surface area contributed by atoms with Gasteiger partial charge >= 0.3 is 0 Å². The molecular weight excluding hydrogens is 284 g/mol. The largest absolute Gasteiger partial charge is 0.496 e. The lowest BCUT2D eigenvalue weighted by Crippen LogP contribution is -2.01. The average Bonchev–Trinajstić information content (AvgIpc) is 2.28. The van der Waals surface area contributed by atoms with Gasteiger partial charge in [-0.1, -0.05) is 0 Å². The maximum Gasteiger partial charge on any atom is 0.162 e. The highest BCUT2D eigenvalue weighted by Gasteiger charge is 2.09. The molecule has 0 radical (unpaired) electrons. The van der Waals surface area contributed by atoms with Gasteiger partial charge in [0.1, 0.15) is 11.5 Å². The van der Waals surface area contributed by atoms with Crippen molar-refractivity contribution in [2.24, 2.45) is 0 Å². The van der Waals surface area contributed by atoms with E-state index in [9.17, 15) is 9.59 Å². The molecule has 1 rings (SSSR count). The van der Waals surface area contributed by atoms with E-state index in [0.29, 0.717) is 30.6 Å². The lowest BCUT2D eigenvalue weighted by molar-refractivity contribution is -0.117. The monoisotopic (exact) mass is 298 g/mol. The number of hydrogen-bond acceptors (Lipinski definition) is 3. The molecule has 0 aromatic heterocycles. The average molecular weight is 299 g/mol. The molecule has 0 aliphatic carbocycles. The summed E-state index contributed by atoms with van der Waals surface area (Å²) >= 11 is 3.34. The van der Waals surface area contributed by atoms with Crippen LogP contribution in [0.4, 0.5) is 0 Å². The van der Waals surface area contributed by atoms with Gasteiger partial charge in [-0.25, -0.2) is 0 Å². The third kappa shape index (κ3) is 4.30. The van der Waals surface area contributed by atoms with Gasteiger partial charge in [0.15, 0.2) is 5.78 Å². The van der Waals surface area contributed by atoms with E-state index >= 15 is 0 Å². The molecule has 0 heterocycles. The van der Waals surface area contributed by atoms with E-state index in [4.69, 9.17) is 4.74 Å². The molecule has 92 valence electrons. The minimum absolute atomic E-state index is 0.0506. The zero-order valence-electron chi connectivity index (χ0n) is 9.96.